The van der Waals surface area contributed by atoms with Crippen LogP contribution in [0.25, 0.3) is 0 Å². The fourth-order valence-corrected chi connectivity index (χ4v) is 0.748. The molecule has 0 atom stereocenters. The van der Waals surface area contributed by atoms with E-state index in [4.69, 9.17) is 5.41 Å². The maximum atomic E-state index is 12.5. The Kier molecular flexibility index (Phi) is 2.21. The van der Waals surface area contributed by atoms with E-state index in [1.165, 1.54) is 25.3 Å². The molecule has 1 aromatic rings. The van der Waals surface area contributed by atoms with Gasteiger partial charge in [-0.15, -0.1) is 0 Å². The fraction of sp³-hybridized carbons (Fsp3) is 0.125. The second-order valence-corrected chi connectivity index (χ2v) is 2.04. The molecule has 3 heteroatoms. The molecule has 0 saturated heterocycles. The Hall–Kier alpha value is -1.38. The minimum atomic E-state index is -0.357. The molecule has 0 aromatic heterocycles. The molecule has 0 spiro atoms. The lowest BCUT2D eigenvalue weighted by Crippen LogP contribution is -2.00. The maximum absolute atomic E-state index is 12.5. The van der Waals surface area contributed by atoms with Crippen molar-refractivity contribution in [3.63, 3.8) is 0 Å². The van der Waals surface area contributed by atoms with Gasteiger partial charge in [-0.3, -0.25) is 5.41 Å². The molecule has 0 fully saturated rings. The molecule has 0 heterocycles. The third-order valence-electron chi connectivity index (χ3n) is 1.29. The average molecular weight is 153 g/mol. The normalized spacial score (nSPS) is 9.27. The molecule has 0 unspecified atom stereocenters. The van der Waals surface area contributed by atoms with Crippen LogP contribution in [0.3, 0.4) is 0 Å². The van der Waals surface area contributed by atoms with Crippen LogP contribution in [-0.4, -0.2) is 13.0 Å². The lowest BCUT2D eigenvalue weighted by molar-refractivity contribution is 0.401. The second-order valence-electron chi connectivity index (χ2n) is 2.04. The van der Waals surface area contributed by atoms with E-state index >= 15 is 0 Å². The molecular formula is C8H8FNO. The van der Waals surface area contributed by atoms with Crippen molar-refractivity contribution in [2.24, 2.45) is 0 Å². The van der Waals surface area contributed by atoms with E-state index in [2.05, 4.69) is 4.74 Å². The quantitative estimate of drug-likeness (QED) is 0.484. The largest absolute Gasteiger partial charge is 0.481 e. The summed E-state index contributed by atoms with van der Waals surface area (Å²) in [5.74, 6) is -0.381. The topological polar surface area (TPSA) is 33.1 Å². The molecule has 0 radical (unpaired) electrons. The summed E-state index contributed by atoms with van der Waals surface area (Å²) in [5.41, 5.74) is 0.451. The average Bonchev–Trinajstić information content (AvgIpc) is 2.03. The molecule has 0 saturated carbocycles. The van der Waals surface area contributed by atoms with E-state index in [-0.39, 0.29) is 11.7 Å². The predicted molar refractivity (Wildman–Crippen MR) is 40.2 cm³/mol. The Labute approximate surface area is 64.1 Å². The van der Waals surface area contributed by atoms with Crippen LogP contribution in [0.1, 0.15) is 5.56 Å². The number of hydrogen-bond acceptors (Lipinski definition) is 2. The van der Waals surface area contributed by atoms with E-state index in [0.29, 0.717) is 5.56 Å². The summed E-state index contributed by atoms with van der Waals surface area (Å²) in [6, 6.07) is 5.74. The number of methoxy groups -OCH3 is 1. The highest BCUT2D eigenvalue weighted by Gasteiger charge is 1.99. The number of nitrogens with one attached hydrogen (secondary N) is 1. The Morgan fingerprint density at radius 1 is 1.55 bits per heavy atom. The van der Waals surface area contributed by atoms with Gasteiger partial charge < -0.3 is 4.74 Å². The van der Waals surface area contributed by atoms with Gasteiger partial charge in [0, 0.05) is 5.56 Å². The zero-order valence-electron chi connectivity index (χ0n) is 6.10. The summed E-state index contributed by atoms with van der Waals surface area (Å²) >= 11 is 0. The van der Waals surface area contributed by atoms with Crippen LogP contribution >= 0.6 is 0 Å². The fourth-order valence-electron chi connectivity index (χ4n) is 0.748. The molecule has 0 aliphatic heterocycles. The zero-order chi connectivity index (χ0) is 8.27. The molecule has 0 bridgehead atoms. The third-order valence-corrected chi connectivity index (χ3v) is 1.29. The molecule has 1 rings (SSSR count). The first-order chi connectivity index (χ1) is 5.24. The highest BCUT2D eigenvalue weighted by atomic mass is 19.1. The van der Waals surface area contributed by atoms with Crippen LogP contribution in [-0.2, 0) is 4.74 Å². The van der Waals surface area contributed by atoms with Crippen molar-refractivity contribution in [1.82, 2.24) is 0 Å². The SMILES string of the molecule is COC(=N)c1cccc(F)c1. The zero-order valence-corrected chi connectivity index (χ0v) is 6.10. The van der Waals surface area contributed by atoms with Gasteiger partial charge in [-0.2, -0.15) is 0 Å². The number of rotatable bonds is 1. The summed E-state index contributed by atoms with van der Waals surface area (Å²) in [4.78, 5) is 0. The Morgan fingerprint density at radius 3 is 2.82 bits per heavy atom. The summed E-state index contributed by atoms with van der Waals surface area (Å²) in [6.07, 6.45) is 0. The van der Waals surface area contributed by atoms with Crippen LogP contribution in [0.4, 0.5) is 4.39 Å². The van der Waals surface area contributed by atoms with Gasteiger partial charge in [-0.05, 0) is 18.2 Å². The third kappa shape index (κ3) is 1.77. The van der Waals surface area contributed by atoms with Crippen molar-refractivity contribution in [3.05, 3.63) is 35.6 Å². The van der Waals surface area contributed by atoms with E-state index in [1.807, 2.05) is 0 Å². The van der Waals surface area contributed by atoms with Crippen molar-refractivity contribution in [2.45, 2.75) is 0 Å². The standard InChI is InChI=1S/C8H8FNO/c1-11-8(10)6-3-2-4-7(9)5-6/h2-5,10H,1H3. The lowest BCUT2D eigenvalue weighted by atomic mass is 10.2. The first-order valence-electron chi connectivity index (χ1n) is 3.12. The van der Waals surface area contributed by atoms with E-state index < -0.39 is 0 Å². The van der Waals surface area contributed by atoms with Crippen molar-refractivity contribution in [2.75, 3.05) is 7.11 Å². The summed E-state index contributed by atoms with van der Waals surface area (Å²) in [5, 5.41) is 7.19. The monoisotopic (exact) mass is 153 g/mol. The first-order valence-corrected chi connectivity index (χ1v) is 3.12. The van der Waals surface area contributed by atoms with Crippen LogP contribution < -0.4 is 0 Å². The maximum Gasteiger partial charge on any atom is 0.213 e. The van der Waals surface area contributed by atoms with Gasteiger partial charge in [0.25, 0.3) is 0 Å². The number of hydrogen-bond donors (Lipinski definition) is 1. The number of halogens is 1. The van der Waals surface area contributed by atoms with Crippen LogP contribution in [0.5, 0.6) is 0 Å². The molecule has 2 nitrogen and oxygen atoms in total. The molecular weight excluding hydrogens is 145 g/mol. The molecule has 1 aromatic carbocycles. The van der Waals surface area contributed by atoms with Crippen molar-refractivity contribution < 1.29 is 9.13 Å². The van der Waals surface area contributed by atoms with E-state index in [9.17, 15) is 4.39 Å². The minimum Gasteiger partial charge on any atom is -0.481 e. The van der Waals surface area contributed by atoms with Gasteiger partial charge >= 0.3 is 0 Å². The smallest absolute Gasteiger partial charge is 0.213 e. The van der Waals surface area contributed by atoms with Gasteiger partial charge in [-0.25, -0.2) is 4.39 Å². The van der Waals surface area contributed by atoms with Gasteiger partial charge in [0.1, 0.15) is 5.82 Å². The number of benzene rings is 1. The van der Waals surface area contributed by atoms with Gasteiger partial charge in [0.2, 0.25) is 5.90 Å². The Balaban J connectivity index is 2.96. The van der Waals surface area contributed by atoms with E-state index in [0.717, 1.165) is 0 Å². The van der Waals surface area contributed by atoms with Gasteiger partial charge in [0.05, 0.1) is 7.11 Å². The van der Waals surface area contributed by atoms with Crippen molar-refractivity contribution in [1.29, 1.82) is 5.41 Å². The lowest BCUT2D eigenvalue weighted by Gasteiger charge is -2.00. The molecule has 58 valence electrons. The minimum absolute atomic E-state index is 0.0236. The number of ether oxygens (including phenoxy) is 1. The molecule has 0 aliphatic carbocycles. The molecule has 0 aliphatic rings. The van der Waals surface area contributed by atoms with Gasteiger partial charge in [-0.1, -0.05) is 6.07 Å². The van der Waals surface area contributed by atoms with E-state index in [1.54, 1.807) is 6.07 Å². The van der Waals surface area contributed by atoms with Gasteiger partial charge in [0.15, 0.2) is 0 Å². The molecule has 1 N–H and O–H groups in total. The van der Waals surface area contributed by atoms with Crippen LogP contribution in [0.2, 0.25) is 0 Å². The van der Waals surface area contributed by atoms with Crippen LogP contribution in [0.15, 0.2) is 24.3 Å². The molecule has 0 amide bonds. The second kappa shape index (κ2) is 3.14. The Morgan fingerprint density at radius 2 is 2.27 bits per heavy atom. The van der Waals surface area contributed by atoms with Crippen molar-refractivity contribution in [3.8, 4) is 0 Å². The predicted octanol–water partition coefficient (Wildman–Crippen LogP) is 1.80. The highest BCUT2D eigenvalue weighted by Crippen LogP contribution is 2.03. The van der Waals surface area contributed by atoms with Crippen LogP contribution in [0, 0.1) is 11.2 Å². The summed E-state index contributed by atoms with van der Waals surface area (Å²) in [6.45, 7) is 0. The highest BCUT2D eigenvalue weighted by molar-refractivity contribution is 5.91. The summed E-state index contributed by atoms with van der Waals surface area (Å²) < 4.78 is 17.1. The molecule has 11 heavy (non-hydrogen) atoms. The summed E-state index contributed by atoms with van der Waals surface area (Å²) in [7, 11) is 1.38. The first kappa shape index (κ1) is 7.72. The van der Waals surface area contributed by atoms with Crippen molar-refractivity contribution >= 4 is 5.90 Å². The Bertz CT molecular complexity index is 273.